The first kappa shape index (κ1) is 12.9. The molecule has 94 valence electrons. The molecule has 0 fully saturated rings. The molecule has 0 aliphatic heterocycles. The van der Waals surface area contributed by atoms with Crippen LogP contribution in [-0.2, 0) is 0 Å². The van der Waals surface area contributed by atoms with Gasteiger partial charge in [0.2, 0.25) is 0 Å². The van der Waals surface area contributed by atoms with Gasteiger partial charge in [0, 0.05) is 17.3 Å². The van der Waals surface area contributed by atoms with Crippen LogP contribution in [0.3, 0.4) is 0 Å². The van der Waals surface area contributed by atoms with Gasteiger partial charge in [0.1, 0.15) is 5.82 Å². The van der Waals surface area contributed by atoms with Crippen LogP contribution in [0.2, 0.25) is 0 Å². The molecule has 0 amide bonds. The van der Waals surface area contributed by atoms with Crippen molar-refractivity contribution < 1.29 is 13.5 Å². The third kappa shape index (κ3) is 2.48. The maximum atomic E-state index is 13.8. The zero-order valence-electron chi connectivity index (χ0n) is 9.67. The molecule has 0 bridgehead atoms. The Balaban J connectivity index is 2.60. The summed E-state index contributed by atoms with van der Waals surface area (Å²) in [7, 11) is 1.28. The lowest BCUT2D eigenvalue weighted by Gasteiger charge is -2.07. The van der Waals surface area contributed by atoms with Crippen LogP contribution in [0.1, 0.15) is 5.69 Å². The molecule has 0 saturated carbocycles. The Labute approximate surface area is 111 Å². The van der Waals surface area contributed by atoms with Gasteiger partial charge >= 0.3 is 0 Å². The van der Waals surface area contributed by atoms with Crippen LogP contribution in [0, 0.1) is 18.6 Å². The summed E-state index contributed by atoms with van der Waals surface area (Å²) < 4.78 is 32.4. The van der Waals surface area contributed by atoms with Gasteiger partial charge in [0.25, 0.3) is 0 Å². The summed E-state index contributed by atoms with van der Waals surface area (Å²) in [6.07, 6.45) is 0. The maximum absolute atomic E-state index is 13.8. The molecule has 18 heavy (non-hydrogen) atoms. The van der Waals surface area contributed by atoms with Crippen molar-refractivity contribution in [3.63, 3.8) is 0 Å². The van der Waals surface area contributed by atoms with Crippen molar-refractivity contribution in [3.8, 4) is 17.0 Å². The molecule has 0 atom stereocenters. The normalized spacial score (nSPS) is 10.5. The number of rotatable bonds is 2. The fourth-order valence-corrected chi connectivity index (χ4v) is 2.02. The van der Waals surface area contributed by atoms with Crippen molar-refractivity contribution >= 4 is 15.9 Å². The Morgan fingerprint density at radius 1 is 1.11 bits per heavy atom. The highest BCUT2D eigenvalue weighted by Gasteiger charge is 2.14. The van der Waals surface area contributed by atoms with Gasteiger partial charge in [-0.15, -0.1) is 0 Å². The molecular formula is C12H9BrF2N2O. The van der Waals surface area contributed by atoms with Crippen LogP contribution in [0.15, 0.2) is 22.9 Å². The number of aromatic nitrogens is 2. The molecule has 0 aliphatic rings. The molecule has 1 aromatic heterocycles. The minimum atomic E-state index is -0.638. The summed E-state index contributed by atoms with van der Waals surface area (Å²) in [5.41, 5.74) is 1.04. The molecule has 0 aliphatic carbocycles. The lowest BCUT2D eigenvalue weighted by molar-refractivity contribution is 0.383. The molecule has 0 unspecified atom stereocenters. The van der Waals surface area contributed by atoms with E-state index < -0.39 is 11.6 Å². The summed E-state index contributed by atoms with van der Waals surface area (Å²) in [5.74, 6) is -1.37. The van der Waals surface area contributed by atoms with Crippen molar-refractivity contribution in [1.82, 2.24) is 9.97 Å². The monoisotopic (exact) mass is 314 g/mol. The lowest BCUT2D eigenvalue weighted by Crippen LogP contribution is -1.96. The second-order valence-electron chi connectivity index (χ2n) is 3.63. The number of ether oxygens (including phenoxy) is 1. The smallest absolute Gasteiger partial charge is 0.197 e. The van der Waals surface area contributed by atoms with Gasteiger partial charge in [-0.3, -0.25) is 0 Å². The lowest BCUT2D eigenvalue weighted by atomic mass is 10.1. The summed E-state index contributed by atoms with van der Waals surface area (Å²) >= 11 is 3.12. The number of halogens is 3. The minimum absolute atomic E-state index is 0.0690. The van der Waals surface area contributed by atoms with E-state index in [1.807, 2.05) is 0 Å². The van der Waals surface area contributed by atoms with Gasteiger partial charge in [0.05, 0.1) is 12.8 Å². The van der Waals surface area contributed by atoms with E-state index in [0.29, 0.717) is 16.1 Å². The first-order chi connectivity index (χ1) is 8.51. The topological polar surface area (TPSA) is 35.0 Å². The van der Waals surface area contributed by atoms with E-state index in [1.54, 1.807) is 13.0 Å². The minimum Gasteiger partial charge on any atom is -0.494 e. The van der Waals surface area contributed by atoms with Crippen LogP contribution < -0.4 is 4.74 Å². The van der Waals surface area contributed by atoms with Gasteiger partial charge < -0.3 is 4.74 Å². The molecule has 2 aromatic rings. The molecule has 0 saturated heterocycles. The van der Waals surface area contributed by atoms with Crippen LogP contribution >= 0.6 is 15.9 Å². The molecular weight excluding hydrogens is 306 g/mol. The number of aryl methyl sites for hydroxylation is 1. The second kappa shape index (κ2) is 4.97. The van der Waals surface area contributed by atoms with E-state index in [0.717, 1.165) is 12.1 Å². The predicted molar refractivity (Wildman–Crippen MR) is 66.4 cm³/mol. The van der Waals surface area contributed by atoms with Crippen molar-refractivity contribution in [1.29, 1.82) is 0 Å². The standard InChI is InChI=1S/C12H9BrF2N2O/c1-6-3-10(17-12(13)16-6)7-4-9(15)11(18-2)5-8(7)14/h3-5H,1-2H3. The molecule has 0 N–H and O–H groups in total. The van der Waals surface area contributed by atoms with E-state index in [1.165, 1.54) is 7.11 Å². The van der Waals surface area contributed by atoms with Crippen LogP contribution in [-0.4, -0.2) is 17.1 Å². The predicted octanol–water partition coefficient (Wildman–Crippen LogP) is 3.50. The van der Waals surface area contributed by atoms with Gasteiger partial charge in [-0.2, -0.15) is 0 Å². The number of hydrogen-bond acceptors (Lipinski definition) is 3. The summed E-state index contributed by atoms with van der Waals surface area (Å²) in [6, 6.07) is 3.63. The average molecular weight is 315 g/mol. The Morgan fingerprint density at radius 2 is 1.83 bits per heavy atom. The Morgan fingerprint density at radius 3 is 2.44 bits per heavy atom. The van der Waals surface area contributed by atoms with E-state index >= 15 is 0 Å². The van der Waals surface area contributed by atoms with Gasteiger partial charge in [-0.1, -0.05) is 0 Å². The SMILES string of the molecule is COc1cc(F)c(-c2cc(C)nc(Br)n2)cc1F. The van der Waals surface area contributed by atoms with Gasteiger partial charge in [0.15, 0.2) is 16.3 Å². The summed E-state index contributed by atoms with van der Waals surface area (Å²) in [4.78, 5) is 8.03. The summed E-state index contributed by atoms with van der Waals surface area (Å²) in [6.45, 7) is 1.74. The first-order valence-corrected chi connectivity index (χ1v) is 5.85. The third-order valence-corrected chi connectivity index (χ3v) is 2.70. The van der Waals surface area contributed by atoms with Gasteiger partial charge in [-0.05, 0) is 35.0 Å². The Hall–Kier alpha value is -1.56. The van der Waals surface area contributed by atoms with E-state index in [-0.39, 0.29) is 11.3 Å². The Bertz CT molecular complexity index is 585. The van der Waals surface area contributed by atoms with Crippen molar-refractivity contribution in [2.24, 2.45) is 0 Å². The Kier molecular flexibility index (Phi) is 3.56. The number of benzene rings is 1. The molecule has 1 aromatic carbocycles. The second-order valence-corrected chi connectivity index (χ2v) is 4.34. The summed E-state index contributed by atoms with van der Waals surface area (Å²) in [5, 5.41) is 0. The fourth-order valence-electron chi connectivity index (χ4n) is 1.55. The zero-order valence-corrected chi connectivity index (χ0v) is 11.3. The average Bonchev–Trinajstić information content (AvgIpc) is 2.30. The fraction of sp³-hybridized carbons (Fsp3) is 0.167. The highest BCUT2D eigenvalue weighted by Crippen LogP contribution is 2.28. The molecule has 0 radical (unpaired) electrons. The number of nitrogens with zero attached hydrogens (tertiary/aromatic N) is 2. The largest absolute Gasteiger partial charge is 0.494 e. The highest BCUT2D eigenvalue weighted by molar-refractivity contribution is 9.10. The van der Waals surface area contributed by atoms with E-state index in [4.69, 9.17) is 4.74 Å². The molecule has 2 rings (SSSR count). The molecule has 0 spiro atoms. The van der Waals surface area contributed by atoms with Crippen LogP contribution in [0.25, 0.3) is 11.3 Å². The number of methoxy groups -OCH3 is 1. The number of hydrogen-bond donors (Lipinski definition) is 0. The van der Waals surface area contributed by atoms with Crippen molar-refractivity contribution in [2.75, 3.05) is 7.11 Å². The quantitative estimate of drug-likeness (QED) is 0.796. The van der Waals surface area contributed by atoms with Crippen molar-refractivity contribution in [2.45, 2.75) is 6.92 Å². The zero-order chi connectivity index (χ0) is 13.3. The van der Waals surface area contributed by atoms with E-state index in [2.05, 4.69) is 25.9 Å². The third-order valence-electron chi connectivity index (χ3n) is 2.34. The molecule has 6 heteroatoms. The van der Waals surface area contributed by atoms with Gasteiger partial charge in [-0.25, -0.2) is 18.7 Å². The van der Waals surface area contributed by atoms with Crippen LogP contribution in [0.5, 0.6) is 5.75 Å². The van der Waals surface area contributed by atoms with Crippen molar-refractivity contribution in [3.05, 3.63) is 40.3 Å². The maximum Gasteiger partial charge on any atom is 0.197 e. The first-order valence-electron chi connectivity index (χ1n) is 5.06. The molecule has 3 nitrogen and oxygen atoms in total. The molecule has 1 heterocycles. The van der Waals surface area contributed by atoms with Crippen LogP contribution in [0.4, 0.5) is 8.78 Å². The highest BCUT2D eigenvalue weighted by atomic mass is 79.9. The van der Waals surface area contributed by atoms with E-state index in [9.17, 15) is 8.78 Å².